The van der Waals surface area contributed by atoms with Crippen LogP contribution in [0.3, 0.4) is 0 Å². The average Bonchev–Trinajstić information content (AvgIpc) is 2.28. The van der Waals surface area contributed by atoms with Crippen LogP contribution in [0.2, 0.25) is 0 Å². The second-order valence-electron chi connectivity index (χ2n) is 6.37. The van der Waals surface area contributed by atoms with Crippen molar-refractivity contribution in [2.45, 2.75) is 40.0 Å². The van der Waals surface area contributed by atoms with Crippen LogP contribution in [-0.4, -0.2) is 12.5 Å². The summed E-state index contributed by atoms with van der Waals surface area (Å²) in [6, 6.07) is 7.89. The van der Waals surface area contributed by atoms with Gasteiger partial charge in [-0.2, -0.15) is 0 Å². The van der Waals surface area contributed by atoms with Crippen LogP contribution in [0.15, 0.2) is 24.3 Å². The van der Waals surface area contributed by atoms with Crippen molar-refractivity contribution in [1.82, 2.24) is 0 Å². The van der Waals surface area contributed by atoms with Crippen molar-refractivity contribution in [3.05, 3.63) is 29.8 Å². The Balaban J connectivity index is 2.82. The van der Waals surface area contributed by atoms with Gasteiger partial charge in [-0.1, -0.05) is 46.8 Å². The molecule has 3 N–H and O–H groups in total. The summed E-state index contributed by atoms with van der Waals surface area (Å²) in [5.74, 6) is 0.0216. The molecule has 100 valence electrons. The molecule has 1 rings (SSSR count). The zero-order chi connectivity index (χ0) is 14.0. The molecule has 18 heavy (non-hydrogen) atoms. The molecule has 0 bridgehead atoms. The van der Waals surface area contributed by atoms with E-state index in [1.54, 1.807) is 0 Å². The molecule has 1 amide bonds. The van der Waals surface area contributed by atoms with Crippen LogP contribution in [0.25, 0.3) is 0 Å². The molecule has 0 saturated carbocycles. The van der Waals surface area contributed by atoms with Crippen LogP contribution in [0.5, 0.6) is 0 Å². The summed E-state index contributed by atoms with van der Waals surface area (Å²) in [4.78, 5) is 11.8. The zero-order valence-electron chi connectivity index (χ0n) is 12.0. The van der Waals surface area contributed by atoms with E-state index in [1.807, 2.05) is 45.0 Å². The number of amides is 1. The molecule has 0 aliphatic heterocycles. The van der Waals surface area contributed by atoms with Gasteiger partial charge in [-0.05, 0) is 17.7 Å². The molecule has 3 heteroatoms. The largest absolute Gasteiger partial charge is 0.330 e. The molecule has 3 nitrogen and oxygen atoms in total. The third-order valence-corrected chi connectivity index (χ3v) is 3.12. The first kappa shape index (κ1) is 14.7. The fourth-order valence-electron chi connectivity index (χ4n) is 1.44. The molecule has 0 aliphatic rings. The lowest BCUT2D eigenvalue weighted by Gasteiger charge is -2.23. The van der Waals surface area contributed by atoms with E-state index in [1.165, 1.54) is 5.56 Å². The van der Waals surface area contributed by atoms with Crippen LogP contribution in [0.4, 0.5) is 5.69 Å². The number of nitrogens with two attached hydrogens (primary N) is 1. The predicted molar refractivity (Wildman–Crippen MR) is 76.6 cm³/mol. The van der Waals surface area contributed by atoms with Crippen LogP contribution in [0, 0.1) is 5.41 Å². The van der Waals surface area contributed by atoms with Crippen LogP contribution in [-0.2, 0) is 10.2 Å². The van der Waals surface area contributed by atoms with Gasteiger partial charge in [0, 0.05) is 23.1 Å². The van der Waals surface area contributed by atoms with Crippen LogP contribution in [0.1, 0.15) is 40.2 Å². The summed E-state index contributed by atoms with van der Waals surface area (Å²) in [7, 11) is 0. The monoisotopic (exact) mass is 248 g/mol. The van der Waals surface area contributed by atoms with Crippen LogP contribution >= 0.6 is 0 Å². The van der Waals surface area contributed by atoms with Gasteiger partial charge in [0.2, 0.25) is 5.91 Å². The first-order chi connectivity index (χ1) is 8.16. The molecule has 0 saturated heterocycles. The molecule has 0 aromatic heterocycles. The van der Waals surface area contributed by atoms with E-state index in [2.05, 4.69) is 19.2 Å². The number of anilines is 1. The average molecular weight is 248 g/mol. The Hall–Kier alpha value is -1.35. The molecule has 1 aromatic carbocycles. The van der Waals surface area contributed by atoms with E-state index in [-0.39, 0.29) is 16.7 Å². The van der Waals surface area contributed by atoms with Crippen molar-refractivity contribution in [3.8, 4) is 0 Å². The number of carbonyl (C=O) groups is 1. The molecule has 0 fully saturated rings. The van der Waals surface area contributed by atoms with Gasteiger partial charge in [0.15, 0.2) is 0 Å². The standard InChI is InChI=1S/C15H24N2O/c1-14(2,3)13(18)17-12-8-6-11(7-9-12)15(4,5)10-16/h6-9H,10,16H2,1-5H3,(H,17,18). The molecular weight excluding hydrogens is 224 g/mol. The van der Waals surface area contributed by atoms with E-state index in [0.717, 1.165) is 5.69 Å². The topological polar surface area (TPSA) is 55.1 Å². The molecular formula is C15H24N2O. The smallest absolute Gasteiger partial charge is 0.229 e. The number of hydrogen-bond donors (Lipinski definition) is 2. The second-order valence-corrected chi connectivity index (χ2v) is 6.37. The van der Waals surface area contributed by atoms with Crippen molar-refractivity contribution in [1.29, 1.82) is 0 Å². The minimum atomic E-state index is -0.380. The Bertz CT molecular complexity index is 413. The highest BCUT2D eigenvalue weighted by Gasteiger charge is 2.22. The van der Waals surface area contributed by atoms with Gasteiger partial charge in [-0.25, -0.2) is 0 Å². The molecule has 1 aromatic rings. The first-order valence-corrected chi connectivity index (χ1v) is 6.29. The Morgan fingerprint density at radius 1 is 1.11 bits per heavy atom. The molecule has 0 heterocycles. The maximum atomic E-state index is 11.8. The van der Waals surface area contributed by atoms with Crippen molar-refractivity contribution in [2.24, 2.45) is 11.1 Å². The minimum Gasteiger partial charge on any atom is -0.330 e. The summed E-state index contributed by atoms with van der Waals surface area (Å²) >= 11 is 0. The van der Waals surface area contributed by atoms with Gasteiger partial charge in [0.1, 0.15) is 0 Å². The van der Waals surface area contributed by atoms with Crippen LogP contribution < -0.4 is 11.1 Å². The van der Waals surface area contributed by atoms with Gasteiger partial charge in [-0.3, -0.25) is 4.79 Å². The summed E-state index contributed by atoms with van der Waals surface area (Å²) in [6.07, 6.45) is 0. The van der Waals surface area contributed by atoms with E-state index >= 15 is 0 Å². The van der Waals surface area contributed by atoms with Crippen molar-refractivity contribution in [2.75, 3.05) is 11.9 Å². The normalized spacial score (nSPS) is 12.3. The number of carbonyl (C=O) groups excluding carboxylic acids is 1. The van der Waals surface area contributed by atoms with Gasteiger partial charge >= 0.3 is 0 Å². The Kier molecular flexibility index (Phi) is 4.17. The fraction of sp³-hybridized carbons (Fsp3) is 0.533. The van der Waals surface area contributed by atoms with Gasteiger partial charge < -0.3 is 11.1 Å². The summed E-state index contributed by atoms with van der Waals surface area (Å²) in [5, 5.41) is 2.91. The molecule has 0 radical (unpaired) electrons. The maximum Gasteiger partial charge on any atom is 0.229 e. The molecule has 0 unspecified atom stereocenters. The fourth-order valence-corrected chi connectivity index (χ4v) is 1.44. The Labute approximate surface area is 110 Å². The lowest BCUT2D eigenvalue weighted by Crippen LogP contribution is -2.29. The molecule has 0 spiro atoms. The Morgan fingerprint density at radius 3 is 2.00 bits per heavy atom. The highest BCUT2D eigenvalue weighted by atomic mass is 16.2. The predicted octanol–water partition coefficient (Wildman–Crippen LogP) is 2.91. The Morgan fingerprint density at radius 2 is 1.61 bits per heavy atom. The molecule has 0 atom stereocenters. The molecule has 0 aliphatic carbocycles. The second kappa shape index (κ2) is 5.11. The summed E-state index contributed by atoms with van der Waals surface area (Å²) in [6.45, 7) is 10.5. The highest BCUT2D eigenvalue weighted by Crippen LogP contribution is 2.24. The summed E-state index contributed by atoms with van der Waals surface area (Å²) in [5.41, 5.74) is 7.33. The minimum absolute atomic E-state index is 0.0216. The van der Waals surface area contributed by atoms with Crippen molar-refractivity contribution < 1.29 is 4.79 Å². The lowest BCUT2D eigenvalue weighted by atomic mass is 9.85. The highest BCUT2D eigenvalue weighted by molar-refractivity contribution is 5.94. The van der Waals surface area contributed by atoms with E-state index < -0.39 is 0 Å². The van der Waals surface area contributed by atoms with Gasteiger partial charge in [0.05, 0.1) is 0 Å². The van der Waals surface area contributed by atoms with E-state index in [4.69, 9.17) is 5.73 Å². The number of benzene rings is 1. The quantitative estimate of drug-likeness (QED) is 0.864. The van der Waals surface area contributed by atoms with Gasteiger partial charge in [-0.15, -0.1) is 0 Å². The first-order valence-electron chi connectivity index (χ1n) is 6.29. The number of nitrogens with one attached hydrogen (secondary N) is 1. The number of hydrogen-bond acceptors (Lipinski definition) is 2. The van der Waals surface area contributed by atoms with Gasteiger partial charge in [0.25, 0.3) is 0 Å². The van der Waals surface area contributed by atoms with E-state index in [0.29, 0.717) is 6.54 Å². The SMILES string of the molecule is CC(C)(C)C(=O)Nc1ccc(C(C)(C)CN)cc1. The third kappa shape index (κ3) is 3.57. The lowest BCUT2D eigenvalue weighted by molar-refractivity contribution is -0.123. The van der Waals surface area contributed by atoms with E-state index in [9.17, 15) is 4.79 Å². The number of rotatable bonds is 3. The summed E-state index contributed by atoms with van der Waals surface area (Å²) < 4.78 is 0. The third-order valence-electron chi connectivity index (χ3n) is 3.12. The van der Waals surface area contributed by atoms with Crippen molar-refractivity contribution in [3.63, 3.8) is 0 Å². The zero-order valence-corrected chi connectivity index (χ0v) is 12.0. The van der Waals surface area contributed by atoms with Crippen molar-refractivity contribution >= 4 is 11.6 Å². The maximum absolute atomic E-state index is 11.8.